The van der Waals surface area contributed by atoms with Crippen molar-refractivity contribution in [3.63, 3.8) is 0 Å². The first-order valence-corrected chi connectivity index (χ1v) is 6.43. The van der Waals surface area contributed by atoms with E-state index in [0.29, 0.717) is 5.92 Å². The zero-order chi connectivity index (χ0) is 11.5. The van der Waals surface area contributed by atoms with Crippen molar-refractivity contribution >= 4 is 0 Å². The Labute approximate surface area is 95.3 Å². The standard InChI is InChI=1S/C13H28O2/c1-5-7-9-14-13(11-12(3)4)15-10-8-6-2/h12-13H,5-11H2,1-4H3. The Hall–Kier alpha value is -0.0800. The van der Waals surface area contributed by atoms with Gasteiger partial charge in [0.2, 0.25) is 0 Å². The number of ether oxygens (including phenoxy) is 2. The third-order valence-corrected chi connectivity index (χ3v) is 2.27. The lowest BCUT2D eigenvalue weighted by Crippen LogP contribution is -2.20. The predicted octanol–water partition coefficient (Wildman–Crippen LogP) is 3.99. The Kier molecular flexibility index (Phi) is 10.4. The summed E-state index contributed by atoms with van der Waals surface area (Å²) in [4.78, 5) is 0. The molecule has 0 radical (unpaired) electrons. The maximum atomic E-state index is 5.72. The van der Waals surface area contributed by atoms with E-state index in [-0.39, 0.29) is 6.29 Å². The van der Waals surface area contributed by atoms with Crippen LogP contribution in [-0.4, -0.2) is 19.5 Å². The molecule has 92 valence electrons. The SMILES string of the molecule is CCCCOC(CC(C)C)OCCCC. The molecule has 0 aromatic heterocycles. The van der Waals surface area contributed by atoms with Gasteiger partial charge in [-0.15, -0.1) is 0 Å². The highest BCUT2D eigenvalue weighted by molar-refractivity contribution is 4.51. The molecule has 0 aliphatic heterocycles. The molecule has 0 saturated carbocycles. The molecule has 0 aliphatic rings. The second-order valence-electron chi connectivity index (χ2n) is 4.51. The van der Waals surface area contributed by atoms with Crippen LogP contribution in [0.15, 0.2) is 0 Å². The van der Waals surface area contributed by atoms with Gasteiger partial charge in [-0.3, -0.25) is 0 Å². The predicted molar refractivity (Wildman–Crippen MR) is 65.0 cm³/mol. The van der Waals surface area contributed by atoms with Crippen molar-refractivity contribution in [2.75, 3.05) is 13.2 Å². The van der Waals surface area contributed by atoms with Crippen LogP contribution in [0.2, 0.25) is 0 Å². The molecule has 2 heteroatoms. The highest BCUT2D eigenvalue weighted by Gasteiger charge is 2.10. The van der Waals surface area contributed by atoms with Crippen molar-refractivity contribution in [3.8, 4) is 0 Å². The number of unbranched alkanes of at least 4 members (excludes halogenated alkanes) is 2. The van der Waals surface area contributed by atoms with Crippen molar-refractivity contribution in [3.05, 3.63) is 0 Å². The summed E-state index contributed by atoms with van der Waals surface area (Å²) in [6, 6.07) is 0. The lowest BCUT2D eigenvalue weighted by atomic mass is 10.1. The van der Waals surface area contributed by atoms with Gasteiger partial charge >= 0.3 is 0 Å². The normalized spacial score (nSPS) is 11.6. The van der Waals surface area contributed by atoms with Gasteiger partial charge < -0.3 is 9.47 Å². The molecule has 0 spiro atoms. The van der Waals surface area contributed by atoms with Gasteiger partial charge in [0.05, 0.1) is 0 Å². The van der Waals surface area contributed by atoms with E-state index in [2.05, 4.69) is 27.7 Å². The third kappa shape index (κ3) is 10.2. The fourth-order valence-corrected chi connectivity index (χ4v) is 1.29. The Morgan fingerprint density at radius 1 is 0.867 bits per heavy atom. The monoisotopic (exact) mass is 216 g/mol. The van der Waals surface area contributed by atoms with Crippen molar-refractivity contribution in [2.45, 2.75) is 66.1 Å². The van der Waals surface area contributed by atoms with Crippen molar-refractivity contribution in [1.82, 2.24) is 0 Å². The van der Waals surface area contributed by atoms with Crippen molar-refractivity contribution < 1.29 is 9.47 Å². The number of hydrogen-bond donors (Lipinski definition) is 0. The highest BCUT2D eigenvalue weighted by Crippen LogP contribution is 2.11. The molecule has 0 aliphatic carbocycles. The van der Waals surface area contributed by atoms with E-state index in [1.54, 1.807) is 0 Å². The summed E-state index contributed by atoms with van der Waals surface area (Å²) in [6.45, 7) is 10.4. The average Bonchev–Trinajstić information content (AvgIpc) is 2.17. The minimum Gasteiger partial charge on any atom is -0.353 e. The first kappa shape index (κ1) is 14.9. The molecule has 0 aromatic rings. The van der Waals surface area contributed by atoms with Crippen LogP contribution in [0.25, 0.3) is 0 Å². The first-order valence-electron chi connectivity index (χ1n) is 6.43. The van der Waals surface area contributed by atoms with Gasteiger partial charge in [0.15, 0.2) is 6.29 Å². The lowest BCUT2D eigenvalue weighted by molar-refractivity contribution is -0.151. The Bertz CT molecular complexity index is 114. The van der Waals surface area contributed by atoms with Crippen LogP contribution in [0.3, 0.4) is 0 Å². The molecule has 0 atom stereocenters. The quantitative estimate of drug-likeness (QED) is 0.406. The fourth-order valence-electron chi connectivity index (χ4n) is 1.29. The fraction of sp³-hybridized carbons (Fsp3) is 1.00. The molecule has 0 unspecified atom stereocenters. The molecule has 0 fully saturated rings. The van der Waals surface area contributed by atoms with Gasteiger partial charge in [0.1, 0.15) is 0 Å². The van der Waals surface area contributed by atoms with E-state index in [9.17, 15) is 0 Å². The summed E-state index contributed by atoms with van der Waals surface area (Å²) >= 11 is 0. The van der Waals surface area contributed by atoms with E-state index in [0.717, 1.165) is 32.5 Å². The summed E-state index contributed by atoms with van der Waals surface area (Å²) in [7, 11) is 0. The van der Waals surface area contributed by atoms with E-state index < -0.39 is 0 Å². The molecule has 0 N–H and O–H groups in total. The zero-order valence-corrected chi connectivity index (χ0v) is 10.9. The first-order chi connectivity index (χ1) is 7.20. The van der Waals surface area contributed by atoms with Crippen LogP contribution in [0.4, 0.5) is 0 Å². The molecular formula is C13H28O2. The van der Waals surface area contributed by atoms with Crippen molar-refractivity contribution in [2.24, 2.45) is 5.92 Å². The summed E-state index contributed by atoms with van der Waals surface area (Å²) in [6.07, 6.45) is 5.65. The van der Waals surface area contributed by atoms with E-state index in [1.165, 1.54) is 12.8 Å². The maximum Gasteiger partial charge on any atom is 0.157 e. The highest BCUT2D eigenvalue weighted by atomic mass is 16.7. The van der Waals surface area contributed by atoms with Crippen LogP contribution < -0.4 is 0 Å². The molecule has 0 saturated heterocycles. The average molecular weight is 216 g/mol. The molecule has 0 bridgehead atoms. The van der Waals surface area contributed by atoms with Gasteiger partial charge in [-0.1, -0.05) is 40.5 Å². The van der Waals surface area contributed by atoms with Gasteiger partial charge in [0.25, 0.3) is 0 Å². The molecule has 0 rings (SSSR count). The Morgan fingerprint density at radius 3 is 1.67 bits per heavy atom. The van der Waals surface area contributed by atoms with Crippen molar-refractivity contribution in [1.29, 1.82) is 0 Å². The molecule has 0 amide bonds. The minimum absolute atomic E-state index is 0.0168. The van der Waals surface area contributed by atoms with Gasteiger partial charge in [-0.25, -0.2) is 0 Å². The lowest BCUT2D eigenvalue weighted by Gasteiger charge is -2.20. The van der Waals surface area contributed by atoms with Crippen LogP contribution in [0.5, 0.6) is 0 Å². The molecule has 15 heavy (non-hydrogen) atoms. The molecule has 2 nitrogen and oxygen atoms in total. The smallest absolute Gasteiger partial charge is 0.157 e. The van der Waals surface area contributed by atoms with Gasteiger partial charge in [0, 0.05) is 19.6 Å². The largest absolute Gasteiger partial charge is 0.353 e. The maximum absolute atomic E-state index is 5.72. The zero-order valence-electron chi connectivity index (χ0n) is 10.9. The Balaban J connectivity index is 3.63. The second kappa shape index (κ2) is 10.4. The molecular weight excluding hydrogens is 188 g/mol. The van der Waals surface area contributed by atoms with Crippen LogP contribution in [-0.2, 0) is 9.47 Å². The summed E-state index contributed by atoms with van der Waals surface area (Å²) in [5.74, 6) is 0.637. The summed E-state index contributed by atoms with van der Waals surface area (Å²) in [5.41, 5.74) is 0. The summed E-state index contributed by atoms with van der Waals surface area (Å²) in [5, 5.41) is 0. The van der Waals surface area contributed by atoms with Gasteiger partial charge in [-0.05, 0) is 18.8 Å². The van der Waals surface area contributed by atoms with Crippen LogP contribution in [0, 0.1) is 5.92 Å². The number of hydrogen-bond acceptors (Lipinski definition) is 2. The number of rotatable bonds is 10. The van der Waals surface area contributed by atoms with Crippen LogP contribution in [0.1, 0.15) is 59.8 Å². The molecule has 0 aromatic carbocycles. The van der Waals surface area contributed by atoms with E-state index in [4.69, 9.17) is 9.47 Å². The second-order valence-corrected chi connectivity index (χ2v) is 4.51. The van der Waals surface area contributed by atoms with Crippen LogP contribution >= 0.6 is 0 Å². The minimum atomic E-state index is 0.0168. The Morgan fingerprint density at radius 2 is 1.33 bits per heavy atom. The van der Waals surface area contributed by atoms with Gasteiger partial charge in [-0.2, -0.15) is 0 Å². The topological polar surface area (TPSA) is 18.5 Å². The molecule has 0 heterocycles. The third-order valence-electron chi connectivity index (χ3n) is 2.27. The van der Waals surface area contributed by atoms with E-state index in [1.807, 2.05) is 0 Å². The summed E-state index contributed by atoms with van der Waals surface area (Å²) < 4.78 is 11.4. The van der Waals surface area contributed by atoms with E-state index >= 15 is 0 Å².